The largest absolute Gasteiger partial charge is 0.378 e. The Morgan fingerprint density at radius 1 is 1.29 bits per heavy atom. The fourth-order valence-corrected chi connectivity index (χ4v) is 2.13. The van der Waals surface area contributed by atoms with Crippen LogP contribution in [-0.2, 0) is 11.3 Å². The molecule has 0 radical (unpaired) electrons. The molecule has 0 aliphatic heterocycles. The highest BCUT2D eigenvalue weighted by atomic mass is 32.1. The predicted molar refractivity (Wildman–Crippen MR) is 67.6 cm³/mol. The van der Waals surface area contributed by atoms with Gasteiger partial charge in [0, 0.05) is 6.54 Å². The molecule has 88 valence electrons. The minimum atomic E-state index is -1.10. The van der Waals surface area contributed by atoms with Crippen molar-refractivity contribution in [3.8, 4) is 0 Å². The monoisotopic (exact) mass is 247 g/mol. The number of carbonyl (C=O) groups is 1. The van der Waals surface area contributed by atoms with E-state index in [4.69, 9.17) is 0 Å². The molecule has 2 aromatic rings. The molecule has 2 N–H and O–H groups in total. The van der Waals surface area contributed by atoms with Crippen molar-refractivity contribution in [1.29, 1.82) is 0 Å². The van der Waals surface area contributed by atoms with Crippen LogP contribution in [0, 0.1) is 0 Å². The third-order valence-corrected chi connectivity index (χ3v) is 3.14. The highest BCUT2D eigenvalue weighted by Crippen LogP contribution is 2.12. The van der Waals surface area contributed by atoms with E-state index in [-0.39, 0.29) is 5.91 Å². The van der Waals surface area contributed by atoms with Crippen molar-refractivity contribution in [3.05, 3.63) is 58.3 Å². The Labute approximate surface area is 104 Å². The quantitative estimate of drug-likeness (QED) is 0.869. The molecule has 1 atom stereocenters. The fourth-order valence-electron chi connectivity index (χ4n) is 1.47. The second kappa shape index (κ2) is 5.61. The van der Waals surface area contributed by atoms with Crippen molar-refractivity contribution in [3.63, 3.8) is 0 Å². The normalized spacial score (nSPS) is 12.1. The van der Waals surface area contributed by atoms with Crippen LogP contribution < -0.4 is 5.32 Å². The van der Waals surface area contributed by atoms with Crippen LogP contribution in [0.5, 0.6) is 0 Å². The minimum Gasteiger partial charge on any atom is -0.378 e. The molecule has 0 bridgehead atoms. The van der Waals surface area contributed by atoms with Crippen LogP contribution in [0.15, 0.2) is 47.2 Å². The number of hydrogen-bond donors (Lipinski definition) is 2. The van der Waals surface area contributed by atoms with Gasteiger partial charge in [-0.1, -0.05) is 30.3 Å². The molecule has 1 unspecified atom stereocenters. The summed E-state index contributed by atoms with van der Waals surface area (Å²) in [6.45, 7) is 0.451. The Morgan fingerprint density at radius 2 is 2.06 bits per heavy atom. The van der Waals surface area contributed by atoms with Crippen molar-refractivity contribution in [1.82, 2.24) is 5.32 Å². The molecular weight excluding hydrogens is 234 g/mol. The van der Waals surface area contributed by atoms with Gasteiger partial charge in [-0.2, -0.15) is 11.3 Å². The summed E-state index contributed by atoms with van der Waals surface area (Å²) in [5.41, 5.74) is 1.65. The number of carbonyl (C=O) groups excluding carboxylic acids is 1. The summed E-state index contributed by atoms with van der Waals surface area (Å²) in [4.78, 5) is 11.7. The van der Waals surface area contributed by atoms with Crippen LogP contribution in [0.25, 0.3) is 0 Å². The number of aliphatic hydroxyl groups is 1. The number of hydrogen-bond acceptors (Lipinski definition) is 3. The summed E-state index contributed by atoms with van der Waals surface area (Å²) in [7, 11) is 0. The standard InChI is InChI=1S/C13H13NO2S/c15-12(11-4-2-1-3-5-11)13(16)14-8-10-6-7-17-9-10/h1-7,9,12,15H,8H2,(H,14,16). The maximum absolute atomic E-state index is 11.7. The lowest BCUT2D eigenvalue weighted by Gasteiger charge is -2.10. The molecular formula is C13H13NO2S. The van der Waals surface area contributed by atoms with E-state index in [0.717, 1.165) is 5.56 Å². The summed E-state index contributed by atoms with van der Waals surface area (Å²) in [6.07, 6.45) is -1.10. The Hall–Kier alpha value is -1.65. The highest BCUT2D eigenvalue weighted by Gasteiger charge is 2.16. The molecule has 0 fully saturated rings. The van der Waals surface area contributed by atoms with Gasteiger partial charge in [-0.3, -0.25) is 4.79 Å². The van der Waals surface area contributed by atoms with Crippen molar-refractivity contribution in [2.24, 2.45) is 0 Å². The van der Waals surface area contributed by atoms with Gasteiger partial charge in [0.05, 0.1) is 0 Å². The van der Waals surface area contributed by atoms with Gasteiger partial charge in [0.25, 0.3) is 5.91 Å². The first-order valence-corrected chi connectivity index (χ1v) is 6.23. The van der Waals surface area contributed by atoms with Gasteiger partial charge < -0.3 is 10.4 Å². The number of rotatable bonds is 4. The summed E-state index contributed by atoms with van der Waals surface area (Å²) in [6, 6.07) is 10.8. The van der Waals surface area contributed by atoms with Crippen LogP contribution in [-0.4, -0.2) is 11.0 Å². The topological polar surface area (TPSA) is 49.3 Å². The van der Waals surface area contributed by atoms with E-state index in [1.54, 1.807) is 35.6 Å². The zero-order chi connectivity index (χ0) is 12.1. The van der Waals surface area contributed by atoms with Gasteiger partial charge in [-0.05, 0) is 28.0 Å². The summed E-state index contributed by atoms with van der Waals surface area (Å²) >= 11 is 1.58. The lowest BCUT2D eigenvalue weighted by atomic mass is 10.1. The zero-order valence-corrected chi connectivity index (χ0v) is 9.98. The van der Waals surface area contributed by atoms with Gasteiger partial charge in [-0.15, -0.1) is 0 Å². The third-order valence-electron chi connectivity index (χ3n) is 2.41. The summed E-state index contributed by atoms with van der Waals surface area (Å²) in [5.74, 6) is -0.373. The Kier molecular flexibility index (Phi) is 3.90. The van der Waals surface area contributed by atoms with Gasteiger partial charge >= 0.3 is 0 Å². The molecule has 0 spiro atoms. The predicted octanol–water partition coefficient (Wildman–Crippen LogP) is 2.10. The van der Waals surface area contributed by atoms with Crippen LogP contribution in [0.2, 0.25) is 0 Å². The van der Waals surface area contributed by atoms with Crippen molar-refractivity contribution < 1.29 is 9.90 Å². The van der Waals surface area contributed by atoms with E-state index in [1.807, 2.05) is 22.9 Å². The number of aliphatic hydroxyl groups excluding tert-OH is 1. The van der Waals surface area contributed by atoms with Crippen LogP contribution in [0.1, 0.15) is 17.2 Å². The minimum absolute atomic E-state index is 0.373. The van der Waals surface area contributed by atoms with Gasteiger partial charge in [0.15, 0.2) is 6.10 Å². The lowest BCUT2D eigenvalue weighted by Crippen LogP contribution is -2.28. The van der Waals surface area contributed by atoms with Crippen LogP contribution in [0.4, 0.5) is 0 Å². The van der Waals surface area contributed by atoms with Crippen LogP contribution >= 0.6 is 11.3 Å². The maximum atomic E-state index is 11.7. The number of amides is 1. The molecule has 3 nitrogen and oxygen atoms in total. The third kappa shape index (κ3) is 3.15. The maximum Gasteiger partial charge on any atom is 0.253 e. The first-order valence-electron chi connectivity index (χ1n) is 5.29. The SMILES string of the molecule is O=C(NCc1ccsc1)C(O)c1ccccc1. The number of thiophene rings is 1. The van der Waals surface area contributed by atoms with Crippen molar-refractivity contribution in [2.75, 3.05) is 0 Å². The second-order valence-electron chi connectivity index (χ2n) is 3.66. The molecule has 1 aromatic heterocycles. The Balaban J connectivity index is 1.92. The fraction of sp³-hybridized carbons (Fsp3) is 0.154. The summed E-state index contributed by atoms with van der Waals surface area (Å²) < 4.78 is 0. The van der Waals surface area contributed by atoms with E-state index in [2.05, 4.69) is 5.32 Å². The molecule has 0 saturated heterocycles. The molecule has 0 aliphatic rings. The average molecular weight is 247 g/mol. The van der Waals surface area contributed by atoms with E-state index in [0.29, 0.717) is 12.1 Å². The van der Waals surface area contributed by atoms with E-state index < -0.39 is 6.10 Å². The van der Waals surface area contributed by atoms with Gasteiger partial charge in [0.2, 0.25) is 0 Å². The Morgan fingerprint density at radius 3 is 2.71 bits per heavy atom. The van der Waals surface area contributed by atoms with E-state index >= 15 is 0 Å². The molecule has 2 rings (SSSR count). The van der Waals surface area contributed by atoms with E-state index in [9.17, 15) is 9.90 Å². The molecule has 0 aliphatic carbocycles. The number of nitrogens with one attached hydrogen (secondary N) is 1. The van der Waals surface area contributed by atoms with Crippen LogP contribution in [0.3, 0.4) is 0 Å². The molecule has 1 aromatic carbocycles. The number of benzene rings is 1. The Bertz CT molecular complexity index is 467. The van der Waals surface area contributed by atoms with E-state index in [1.165, 1.54) is 0 Å². The second-order valence-corrected chi connectivity index (χ2v) is 4.44. The first kappa shape index (κ1) is 11.8. The molecule has 4 heteroatoms. The zero-order valence-electron chi connectivity index (χ0n) is 9.17. The first-order chi connectivity index (χ1) is 8.27. The smallest absolute Gasteiger partial charge is 0.253 e. The molecule has 1 heterocycles. The molecule has 0 saturated carbocycles. The van der Waals surface area contributed by atoms with Crippen molar-refractivity contribution in [2.45, 2.75) is 12.6 Å². The highest BCUT2D eigenvalue weighted by molar-refractivity contribution is 7.07. The summed E-state index contributed by atoms with van der Waals surface area (Å²) in [5, 5.41) is 16.4. The lowest BCUT2D eigenvalue weighted by molar-refractivity contribution is -0.129. The molecule has 1 amide bonds. The van der Waals surface area contributed by atoms with Gasteiger partial charge in [0.1, 0.15) is 0 Å². The van der Waals surface area contributed by atoms with Gasteiger partial charge in [-0.25, -0.2) is 0 Å². The molecule has 17 heavy (non-hydrogen) atoms. The van der Waals surface area contributed by atoms with Crippen molar-refractivity contribution >= 4 is 17.2 Å². The average Bonchev–Trinajstić information content (AvgIpc) is 2.89.